The van der Waals surface area contributed by atoms with Gasteiger partial charge < -0.3 is 10.5 Å². The SMILES string of the molecule is C[C@H](OC(=O)CC12C[C@@H]3C[C@H](CC(Br)(C3)C1)C2)C(=O)NC(N)=O. The molecular formula is C16H23BrN2O4. The number of nitrogens with two attached hydrogens (primary N) is 1. The molecule has 0 unspecified atom stereocenters. The number of esters is 1. The van der Waals surface area contributed by atoms with Crippen molar-refractivity contribution in [3.63, 3.8) is 0 Å². The molecule has 3 N–H and O–H groups in total. The van der Waals surface area contributed by atoms with Crippen LogP contribution in [-0.4, -0.2) is 28.3 Å². The molecule has 23 heavy (non-hydrogen) atoms. The summed E-state index contributed by atoms with van der Waals surface area (Å²) in [5.74, 6) is 0.335. The lowest BCUT2D eigenvalue weighted by Gasteiger charge is -2.60. The summed E-state index contributed by atoms with van der Waals surface area (Å²) in [6.07, 6.45) is 6.19. The Balaban J connectivity index is 1.60. The second-order valence-electron chi connectivity index (χ2n) is 7.77. The maximum absolute atomic E-state index is 12.3. The van der Waals surface area contributed by atoms with Gasteiger partial charge in [-0.1, -0.05) is 15.9 Å². The summed E-state index contributed by atoms with van der Waals surface area (Å²) in [5.41, 5.74) is 4.90. The van der Waals surface area contributed by atoms with Crippen LogP contribution in [0, 0.1) is 17.3 Å². The summed E-state index contributed by atoms with van der Waals surface area (Å²) in [6.45, 7) is 1.45. The number of ether oxygens (including phenoxy) is 1. The first-order valence-corrected chi connectivity index (χ1v) is 8.97. The number of amides is 3. The van der Waals surface area contributed by atoms with Crippen molar-refractivity contribution in [1.29, 1.82) is 0 Å². The first kappa shape index (κ1) is 16.7. The van der Waals surface area contributed by atoms with Gasteiger partial charge >= 0.3 is 12.0 Å². The number of urea groups is 1. The Hall–Kier alpha value is -1.11. The van der Waals surface area contributed by atoms with Crippen LogP contribution in [0.15, 0.2) is 0 Å². The van der Waals surface area contributed by atoms with E-state index in [0.29, 0.717) is 18.3 Å². The van der Waals surface area contributed by atoms with Crippen LogP contribution in [0.4, 0.5) is 4.79 Å². The maximum atomic E-state index is 12.3. The number of halogens is 1. The summed E-state index contributed by atoms with van der Waals surface area (Å²) in [5, 5.41) is 1.93. The standard InChI is InChI=1S/C16H23BrN2O4/c1-9(13(21)19-14(18)22)23-12(20)7-15-3-10-2-11(4-15)6-16(17,5-10)8-15/h9-11H,2-8H2,1H3,(H3,18,19,21,22)/t9-,10-,11-,15?,16?/m0/s1. The van der Waals surface area contributed by atoms with Crippen LogP contribution < -0.4 is 11.1 Å². The van der Waals surface area contributed by atoms with Crippen molar-refractivity contribution in [3.8, 4) is 0 Å². The van der Waals surface area contributed by atoms with Crippen LogP contribution in [0.5, 0.6) is 0 Å². The van der Waals surface area contributed by atoms with Crippen molar-refractivity contribution in [2.45, 2.75) is 62.3 Å². The van der Waals surface area contributed by atoms with Gasteiger partial charge in [0.1, 0.15) is 0 Å². The molecule has 0 aliphatic heterocycles. The Labute approximate surface area is 144 Å². The minimum absolute atomic E-state index is 0.00451. The number of rotatable bonds is 4. The third-order valence-corrected chi connectivity index (χ3v) is 6.48. The van der Waals surface area contributed by atoms with Gasteiger partial charge in [-0.3, -0.25) is 14.9 Å². The van der Waals surface area contributed by atoms with Crippen molar-refractivity contribution in [3.05, 3.63) is 0 Å². The predicted molar refractivity (Wildman–Crippen MR) is 86.7 cm³/mol. The van der Waals surface area contributed by atoms with Gasteiger partial charge in [0.25, 0.3) is 5.91 Å². The van der Waals surface area contributed by atoms with Gasteiger partial charge in [-0.05, 0) is 62.7 Å². The van der Waals surface area contributed by atoms with E-state index in [-0.39, 0.29) is 15.7 Å². The van der Waals surface area contributed by atoms with Crippen LogP contribution in [0.2, 0.25) is 0 Å². The molecule has 4 saturated carbocycles. The fourth-order valence-electron chi connectivity index (χ4n) is 5.36. The van der Waals surface area contributed by atoms with Crippen LogP contribution >= 0.6 is 15.9 Å². The summed E-state index contributed by atoms with van der Waals surface area (Å²) in [4.78, 5) is 34.6. The van der Waals surface area contributed by atoms with Crippen LogP contribution in [0.1, 0.15) is 51.9 Å². The molecule has 4 bridgehead atoms. The lowest BCUT2D eigenvalue weighted by Crippen LogP contribution is -2.53. The average Bonchev–Trinajstić information content (AvgIpc) is 2.33. The van der Waals surface area contributed by atoms with E-state index in [9.17, 15) is 14.4 Å². The highest BCUT2D eigenvalue weighted by Gasteiger charge is 2.57. The molecule has 0 aromatic heterocycles. The van der Waals surface area contributed by atoms with E-state index >= 15 is 0 Å². The number of hydrogen-bond donors (Lipinski definition) is 2. The van der Waals surface area contributed by atoms with E-state index in [1.807, 2.05) is 5.32 Å². The smallest absolute Gasteiger partial charge is 0.318 e. The number of hydrogen-bond acceptors (Lipinski definition) is 4. The van der Waals surface area contributed by atoms with Crippen molar-refractivity contribution < 1.29 is 19.1 Å². The van der Waals surface area contributed by atoms with E-state index in [2.05, 4.69) is 15.9 Å². The minimum Gasteiger partial charge on any atom is -0.453 e. The summed E-state index contributed by atoms with van der Waals surface area (Å²) >= 11 is 3.92. The summed E-state index contributed by atoms with van der Waals surface area (Å²) < 4.78 is 5.40. The second kappa shape index (κ2) is 5.76. The Morgan fingerprint density at radius 2 is 1.87 bits per heavy atom. The Bertz CT molecular complexity index is 536. The summed E-state index contributed by atoms with van der Waals surface area (Å²) in [7, 11) is 0. The fraction of sp³-hybridized carbons (Fsp3) is 0.812. The van der Waals surface area contributed by atoms with Crippen molar-refractivity contribution in [2.24, 2.45) is 23.0 Å². The van der Waals surface area contributed by atoms with Crippen molar-refractivity contribution in [1.82, 2.24) is 5.32 Å². The molecule has 7 heteroatoms. The maximum Gasteiger partial charge on any atom is 0.318 e. The fourth-order valence-corrected chi connectivity index (χ4v) is 6.87. The van der Waals surface area contributed by atoms with Crippen molar-refractivity contribution in [2.75, 3.05) is 0 Å². The molecule has 0 radical (unpaired) electrons. The zero-order chi connectivity index (χ0) is 16.8. The van der Waals surface area contributed by atoms with Gasteiger partial charge in [0.05, 0.1) is 6.42 Å². The molecule has 3 amide bonds. The lowest BCUT2D eigenvalue weighted by atomic mass is 9.49. The van der Waals surface area contributed by atoms with Gasteiger partial charge in [-0.25, -0.2) is 4.79 Å². The first-order valence-electron chi connectivity index (χ1n) is 8.17. The quantitative estimate of drug-likeness (QED) is 0.571. The molecule has 4 aliphatic rings. The molecule has 128 valence electrons. The Morgan fingerprint density at radius 1 is 1.26 bits per heavy atom. The minimum atomic E-state index is -1.01. The molecule has 0 aromatic rings. The number of carbonyl (C=O) groups is 3. The number of imide groups is 1. The van der Waals surface area contributed by atoms with Crippen LogP contribution in [0.3, 0.4) is 0 Å². The van der Waals surface area contributed by atoms with Crippen LogP contribution in [0.25, 0.3) is 0 Å². The van der Waals surface area contributed by atoms with Gasteiger partial charge in [0, 0.05) is 4.32 Å². The molecule has 0 heterocycles. The molecule has 4 rings (SSSR count). The van der Waals surface area contributed by atoms with E-state index in [4.69, 9.17) is 10.5 Å². The van der Waals surface area contributed by atoms with Crippen molar-refractivity contribution >= 4 is 33.8 Å². The van der Waals surface area contributed by atoms with E-state index in [0.717, 1.165) is 19.3 Å². The number of carbonyl (C=O) groups excluding carboxylic acids is 3. The second-order valence-corrected chi connectivity index (χ2v) is 9.46. The monoisotopic (exact) mass is 386 g/mol. The zero-order valence-corrected chi connectivity index (χ0v) is 14.9. The normalized spacial score (nSPS) is 38.9. The average molecular weight is 387 g/mol. The molecular weight excluding hydrogens is 364 g/mol. The van der Waals surface area contributed by atoms with Gasteiger partial charge in [-0.15, -0.1) is 0 Å². The van der Waals surface area contributed by atoms with Crippen LogP contribution in [-0.2, 0) is 14.3 Å². The van der Waals surface area contributed by atoms with Gasteiger partial charge in [-0.2, -0.15) is 0 Å². The van der Waals surface area contributed by atoms with E-state index in [1.54, 1.807) is 0 Å². The summed E-state index contributed by atoms with van der Waals surface area (Å²) in [6, 6.07) is -0.944. The van der Waals surface area contributed by atoms with Gasteiger partial charge in [0.2, 0.25) is 0 Å². The highest BCUT2D eigenvalue weighted by Crippen LogP contribution is 2.65. The topological polar surface area (TPSA) is 98.5 Å². The highest BCUT2D eigenvalue weighted by molar-refractivity contribution is 9.10. The van der Waals surface area contributed by atoms with E-state index < -0.39 is 18.0 Å². The number of primary amides is 1. The number of nitrogens with one attached hydrogen (secondary N) is 1. The zero-order valence-electron chi connectivity index (χ0n) is 13.3. The molecule has 0 saturated heterocycles. The Kier molecular flexibility index (Phi) is 4.19. The molecule has 6 nitrogen and oxygen atoms in total. The number of alkyl halides is 1. The third-order valence-electron chi connectivity index (χ3n) is 5.55. The Morgan fingerprint density at radius 3 is 2.39 bits per heavy atom. The highest BCUT2D eigenvalue weighted by atomic mass is 79.9. The molecule has 0 spiro atoms. The molecule has 4 fully saturated rings. The van der Waals surface area contributed by atoms with E-state index in [1.165, 1.54) is 26.2 Å². The first-order chi connectivity index (χ1) is 10.7. The predicted octanol–water partition coefficient (Wildman–Crippen LogP) is 2.24. The molecule has 3 atom stereocenters. The third kappa shape index (κ3) is 3.54. The molecule has 0 aromatic carbocycles. The lowest BCUT2D eigenvalue weighted by molar-refractivity contribution is -0.160. The van der Waals surface area contributed by atoms with Gasteiger partial charge in [0.15, 0.2) is 6.10 Å². The largest absolute Gasteiger partial charge is 0.453 e. The molecule has 4 aliphatic carbocycles.